The number of nitro groups is 1. The molecule has 0 saturated heterocycles. The number of rotatable bonds is 5. The molecule has 1 N–H and O–H groups in total. The second-order valence-corrected chi connectivity index (χ2v) is 4.23. The highest BCUT2D eigenvalue weighted by Gasteiger charge is 2.24. The van der Waals surface area contributed by atoms with Gasteiger partial charge in [-0.1, -0.05) is 0 Å². The number of pyridine rings is 1. The van der Waals surface area contributed by atoms with Crippen LogP contribution in [0.2, 0.25) is 0 Å². The van der Waals surface area contributed by atoms with Crippen LogP contribution in [0, 0.1) is 17.0 Å². The lowest BCUT2D eigenvalue weighted by Crippen LogP contribution is -2.36. The number of hydrogen-bond acceptors (Lipinski definition) is 5. The fourth-order valence-electron chi connectivity index (χ4n) is 1.55. The normalized spacial score (nSPS) is 10.4. The average Bonchev–Trinajstić information content (AvgIpc) is 2.25. The molecule has 1 heterocycles. The molecule has 0 unspecified atom stereocenters. The number of anilines is 1. The molecular formula is C11H15N3O4. The van der Waals surface area contributed by atoms with Crippen molar-refractivity contribution >= 4 is 17.5 Å². The summed E-state index contributed by atoms with van der Waals surface area (Å²) in [6.07, 6.45) is 1.49. The van der Waals surface area contributed by atoms with Gasteiger partial charge in [0.05, 0.1) is 4.92 Å². The molecule has 0 bridgehead atoms. The van der Waals surface area contributed by atoms with Gasteiger partial charge < -0.3 is 10.0 Å². The summed E-state index contributed by atoms with van der Waals surface area (Å²) in [4.78, 5) is 26.6. The van der Waals surface area contributed by atoms with E-state index >= 15 is 0 Å². The summed E-state index contributed by atoms with van der Waals surface area (Å²) in [6, 6.07) is 1.19. The highest BCUT2D eigenvalue weighted by atomic mass is 16.6. The predicted molar refractivity (Wildman–Crippen MR) is 65.7 cm³/mol. The van der Waals surface area contributed by atoms with Crippen LogP contribution >= 0.6 is 0 Å². The number of hydrogen-bond donors (Lipinski definition) is 1. The standard InChI is InChI=1S/C11H15N3O4/c1-7(2)13(6-10(15)16)11-9(14(17)18)4-8(3)5-12-11/h4-5,7H,6H2,1-3H3,(H,15,16). The molecule has 18 heavy (non-hydrogen) atoms. The summed E-state index contributed by atoms with van der Waals surface area (Å²) in [7, 11) is 0. The van der Waals surface area contributed by atoms with Crippen LogP contribution in [0.5, 0.6) is 0 Å². The molecular weight excluding hydrogens is 238 g/mol. The van der Waals surface area contributed by atoms with Crippen molar-refractivity contribution in [3.63, 3.8) is 0 Å². The van der Waals surface area contributed by atoms with Crippen molar-refractivity contribution in [2.75, 3.05) is 11.4 Å². The van der Waals surface area contributed by atoms with Gasteiger partial charge in [-0.15, -0.1) is 0 Å². The van der Waals surface area contributed by atoms with Crippen LogP contribution in [0.25, 0.3) is 0 Å². The highest BCUT2D eigenvalue weighted by Crippen LogP contribution is 2.27. The zero-order chi connectivity index (χ0) is 13.9. The number of carboxylic acids is 1. The molecule has 1 aromatic heterocycles. The lowest BCUT2D eigenvalue weighted by atomic mass is 10.2. The van der Waals surface area contributed by atoms with Gasteiger partial charge in [0.1, 0.15) is 6.54 Å². The molecule has 0 atom stereocenters. The van der Waals surface area contributed by atoms with Gasteiger partial charge in [-0.05, 0) is 26.3 Å². The van der Waals surface area contributed by atoms with Gasteiger partial charge in [-0.3, -0.25) is 14.9 Å². The first kappa shape index (κ1) is 13.9. The zero-order valence-corrected chi connectivity index (χ0v) is 10.5. The molecule has 0 aliphatic rings. The average molecular weight is 253 g/mol. The third kappa shape index (κ3) is 3.16. The minimum atomic E-state index is -1.06. The number of carbonyl (C=O) groups is 1. The summed E-state index contributed by atoms with van der Waals surface area (Å²) >= 11 is 0. The van der Waals surface area contributed by atoms with Gasteiger partial charge in [-0.2, -0.15) is 0 Å². The first-order valence-corrected chi connectivity index (χ1v) is 5.42. The first-order valence-electron chi connectivity index (χ1n) is 5.42. The fourth-order valence-corrected chi connectivity index (χ4v) is 1.55. The third-order valence-corrected chi connectivity index (χ3v) is 2.38. The van der Waals surface area contributed by atoms with Gasteiger partial charge in [-0.25, -0.2) is 4.98 Å². The second kappa shape index (κ2) is 5.44. The summed E-state index contributed by atoms with van der Waals surface area (Å²) in [6.45, 7) is 4.89. The molecule has 0 fully saturated rings. The van der Waals surface area contributed by atoms with E-state index in [1.165, 1.54) is 17.2 Å². The van der Waals surface area contributed by atoms with Crippen LogP contribution in [0.15, 0.2) is 12.3 Å². The van der Waals surface area contributed by atoms with E-state index in [4.69, 9.17) is 5.11 Å². The van der Waals surface area contributed by atoms with Crippen molar-refractivity contribution in [1.29, 1.82) is 0 Å². The number of aromatic nitrogens is 1. The Labute approximate surface area is 104 Å². The van der Waals surface area contributed by atoms with E-state index in [9.17, 15) is 14.9 Å². The maximum Gasteiger partial charge on any atom is 0.323 e. The van der Waals surface area contributed by atoms with Crippen molar-refractivity contribution < 1.29 is 14.8 Å². The monoisotopic (exact) mass is 253 g/mol. The van der Waals surface area contributed by atoms with E-state index < -0.39 is 10.9 Å². The van der Waals surface area contributed by atoms with Crippen molar-refractivity contribution in [1.82, 2.24) is 4.98 Å². The van der Waals surface area contributed by atoms with Gasteiger partial charge in [0.15, 0.2) is 0 Å². The van der Waals surface area contributed by atoms with Crippen LogP contribution in [0.1, 0.15) is 19.4 Å². The summed E-state index contributed by atoms with van der Waals surface area (Å²) in [5, 5.41) is 19.8. The zero-order valence-electron chi connectivity index (χ0n) is 10.5. The van der Waals surface area contributed by atoms with Crippen LogP contribution < -0.4 is 4.90 Å². The topological polar surface area (TPSA) is 96.6 Å². The first-order chi connectivity index (χ1) is 8.32. The summed E-state index contributed by atoms with van der Waals surface area (Å²) in [5.41, 5.74) is 0.481. The SMILES string of the molecule is Cc1cnc(N(CC(=O)O)C(C)C)c([N+](=O)[O-])c1. The van der Waals surface area contributed by atoms with E-state index in [1.54, 1.807) is 20.8 Å². The maximum absolute atomic E-state index is 11.0. The van der Waals surface area contributed by atoms with E-state index in [-0.39, 0.29) is 24.1 Å². The fraction of sp³-hybridized carbons (Fsp3) is 0.455. The molecule has 0 spiro atoms. The molecule has 0 radical (unpaired) electrons. The minimum Gasteiger partial charge on any atom is -0.480 e. The highest BCUT2D eigenvalue weighted by molar-refractivity contribution is 5.75. The lowest BCUT2D eigenvalue weighted by molar-refractivity contribution is -0.384. The Morgan fingerprint density at radius 1 is 1.61 bits per heavy atom. The Kier molecular flexibility index (Phi) is 4.19. The Balaban J connectivity index is 3.27. The smallest absolute Gasteiger partial charge is 0.323 e. The Morgan fingerprint density at radius 2 is 2.22 bits per heavy atom. The van der Waals surface area contributed by atoms with Crippen LogP contribution in [-0.2, 0) is 4.79 Å². The second-order valence-electron chi connectivity index (χ2n) is 4.23. The molecule has 0 amide bonds. The molecule has 1 rings (SSSR count). The van der Waals surface area contributed by atoms with Crippen molar-refractivity contribution in [3.8, 4) is 0 Å². The third-order valence-electron chi connectivity index (χ3n) is 2.38. The van der Waals surface area contributed by atoms with E-state index in [0.717, 1.165) is 0 Å². The Morgan fingerprint density at radius 3 is 2.67 bits per heavy atom. The summed E-state index contributed by atoms with van der Waals surface area (Å²) in [5.74, 6) is -0.969. The van der Waals surface area contributed by atoms with Gasteiger partial charge >= 0.3 is 11.7 Å². The molecule has 7 heteroatoms. The van der Waals surface area contributed by atoms with Crippen LogP contribution in [-0.4, -0.2) is 33.6 Å². The van der Waals surface area contributed by atoms with Gasteiger partial charge in [0, 0.05) is 18.3 Å². The predicted octanol–water partition coefficient (Wildman–Crippen LogP) is 1.60. The molecule has 0 saturated carbocycles. The molecule has 98 valence electrons. The van der Waals surface area contributed by atoms with Crippen LogP contribution in [0.4, 0.5) is 11.5 Å². The van der Waals surface area contributed by atoms with Crippen molar-refractivity contribution in [3.05, 3.63) is 27.9 Å². The molecule has 1 aromatic rings. The van der Waals surface area contributed by atoms with Crippen LogP contribution in [0.3, 0.4) is 0 Å². The number of aliphatic carboxylic acids is 1. The van der Waals surface area contributed by atoms with Gasteiger partial charge in [0.2, 0.25) is 5.82 Å². The largest absolute Gasteiger partial charge is 0.480 e. The molecule has 0 aromatic carbocycles. The molecule has 0 aliphatic carbocycles. The summed E-state index contributed by atoms with van der Waals surface area (Å²) < 4.78 is 0. The minimum absolute atomic E-state index is 0.0861. The number of aryl methyl sites for hydroxylation is 1. The quantitative estimate of drug-likeness (QED) is 0.632. The maximum atomic E-state index is 11.0. The lowest BCUT2D eigenvalue weighted by Gasteiger charge is -2.25. The van der Waals surface area contributed by atoms with Crippen molar-refractivity contribution in [2.45, 2.75) is 26.8 Å². The molecule has 7 nitrogen and oxygen atoms in total. The number of carboxylic acid groups (broad SMARTS) is 1. The Hall–Kier alpha value is -2.18. The Bertz CT molecular complexity index is 473. The van der Waals surface area contributed by atoms with Crippen molar-refractivity contribution in [2.24, 2.45) is 0 Å². The van der Waals surface area contributed by atoms with E-state index in [1.807, 2.05) is 0 Å². The van der Waals surface area contributed by atoms with Gasteiger partial charge in [0.25, 0.3) is 0 Å². The van der Waals surface area contributed by atoms with E-state index in [2.05, 4.69) is 4.98 Å². The molecule has 0 aliphatic heterocycles. The van der Waals surface area contributed by atoms with E-state index in [0.29, 0.717) is 5.56 Å². The number of nitrogens with zero attached hydrogens (tertiary/aromatic N) is 3.